The Balaban J connectivity index is 1.62. The summed E-state index contributed by atoms with van der Waals surface area (Å²) in [5.41, 5.74) is 4.40. The van der Waals surface area contributed by atoms with E-state index < -0.39 is 6.10 Å². The zero-order valence-electron chi connectivity index (χ0n) is 15.2. The number of aromatic nitrogens is 4. The van der Waals surface area contributed by atoms with Crippen LogP contribution in [0.15, 0.2) is 36.7 Å². The normalized spacial score (nSPS) is 17.1. The van der Waals surface area contributed by atoms with Crippen LogP contribution < -0.4 is 0 Å². The fourth-order valence-electron chi connectivity index (χ4n) is 3.93. The molecule has 1 amide bonds. The van der Waals surface area contributed by atoms with Crippen molar-refractivity contribution in [2.45, 2.75) is 19.4 Å². The predicted octanol–water partition coefficient (Wildman–Crippen LogP) is 2.56. The van der Waals surface area contributed by atoms with Crippen molar-refractivity contribution < 1.29 is 14.3 Å². The van der Waals surface area contributed by atoms with Crippen LogP contribution in [0.2, 0.25) is 0 Å². The molecule has 0 aliphatic carbocycles. The number of β-amino-alcohol motifs (C(OH)–C–C–N with tert-alkyl or cyclic N) is 1. The van der Waals surface area contributed by atoms with Crippen LogP contribution in [0.25, 0.3) is 27.6 Å². The Morgan fingerprint density at radius 2 is 2.14 bits per heavy atom. The molecule has 1 fully saturated rings. The maximum absolute atomic E-state index is 13.8. The largest absolute Gasteiger partial charge is 0.391 e. The number of carbonyl (C=O) groups excluding carboxylic acids is 1. The topological polar surface area (TPSA) is 87.0 Å². The van der Waals surface area contributed by atoms with Crippen LogP contribution in [0.4, 0.5) is 4.39 Å². The molecular weight excluding hydrogens is 361 g/mol. The summed E-state index contributed by atoms with van der Waals surface area (Å²) >= 11 is 0. The number of aliphatic hydroxyl groups excluding tert-OH is 1. The number of hydrogen-bond acceptors (Lipinski definition) is 4. The van der Waals surface area contributed by atoms with Crippen molar-refractivity contribution in [2.24, 2.45) is 0 Å². The Hall–Kier alpha value is -3.26. The van der Waals surface area contributed by atoms with Gasteiger partial charge in [-0.2, -0.15) is 5.10 Å². The van der Waals surface area contributed by atoms with Gasteiger partial charge in [0.2, 0.25) is 0 Å². The molecule has 4 heterocycles. The number of nitrogens with one attached hydrogen (secondary N) is 1. The lowest BCUT2D eigenvalue weighted by molar-refractivity contribution is 0.0759. The second kappa shape index (κ2) is 6.13. The highest BCUT2D eigenvalue weighted by atomic mass is 19.1. The Bertz CT molecular complexity index is 1230. The van der Waals surface area contributed by atoms with Gasteiger partial charge in [0.1, 0.15) is 11.5 Å². The SMILES string of the molecule is Cc1cc(C(=O)N2CC[C@@H](O)C2)ncc1-n1c2ccc(F)cc2c2[nH]ncc21. The van der Waals surface area contributed by atoms with Crippen LogP contribution in [-0.4, -0.2) is 54.9 Å². The van der Waals surface area contributed by atoms with Gasteiger partial charge in [0.15, 0.2) is 0 Å². The van der Waals surface area contributed by atoms with E-state index in [9.17, 15) is 14.3 Å². The highest BCUT2D eigenvalue weighted by molar-refractivity contribution is 6.07. The zero-order chi connectivity index (χ0) is 19.4. The molecule has 0 spiro atoms. The van der Waals surface area contributed by atoms with E-state index in [2.05, 4.69) is 15.2 Å². The summed E-state index contributed by atoms with van der Waals surface area (Å²) in [5.74, 6) is -0.496. The van der Waals surface area contributed by atoms with E-state index in [-0.39, 0.29) is 11.7 Å². The minimum Gasteiger partial charge on any atom is -0.391 e. The van der Waals surface area contributed by atoms with E-state index in [0.717, 1.165) is 33.2 Å². The lowest BCUT2D eigenvalue weighted by atomic mass is 10.2. The average Bonchev–Trinajstić information content (AvgIpc) is 3.38. The van der Waals surface area contributed by atoms with Gasteiger partial charge in [-0.3, -0.25) is 9.89 Å². The van der Waals surface area contributed by atoms with Gasteiger partial charge < -0.3 is 14.6 Å². The molecule has 8 heteroatoms. The molecular formula is C20H18FN5O2. The lowest BCUT2D eigenvalue weighted by Gasteiger charge is -2.16. The summed E-state index contributed by atoms with van der Waals surface area (Å²) in [6, 6.07) is 6.38. The number of hydrogen-bond donors (Lipinski definition) is 2. The first-order chi connectivity index (χ1) is 13.5. The molecule has 3 aromatic heterocycles. The molecule has 1 atom stereocenters. The lowest BCUT2D eigenvalue weighted by Crippen LogP contribution is -2.30. The minimum atomic E-state index is -0.467. The van der Waals surface area contributed by atoms with Gasteiger partial charge in [0.25, 0.3) is 5.91 Å². The molecule has 1 aliphatic heterocycles. The highest BCUT2D eigenvalue weighted by Crippen LogP contribution is 2.32. The van der Waals surface area contributed by atoms with Crippen molar-refractivity contribution in [3.8, 4) is 5.69 Å². The molecule has 1 aromatic carbocycles. The van der Waals surface area contributed by atoms with E-state index in [0.29, 0.717) is 25.2 Å². The molecule has 142 valence electrons. The molecule has 1 saturated heterocycles. The summed E-state index contributed by atoms with van der Waals surface area (Å²) in [6.45, 7) is 2.78. The molecule has 5 rings (SSSR count). The number of amides is 1. The summed E-state index contributed by atoms with van der Waals surface area (Å²) in [4.78, 5) is 18.7. The first-order valence-electron chi connectivity index (χ1n) is 9.10. The monoisotopic (exact) mass is 379 g/mol. The van der Waals surface area contributed by atoms with E-state index in [1.54, 1.807) is 29.4 Å². The fourth-order valence-corrected chi connectivity index (χ4v) is 3.93. The first kappa shape index (κ1) is 16.9. The van der Waals surface area contributed by atoms with Crippen molar-refractivity contribution in [1.29, 1.82) is 0 Å². The molecule has 0 radical (unpaired) electrons. The third-order valence-electron chi connectivity index (χ3n) is 5.32. The van der Waals surface area contributed by atoms with Crippen LogP contribution in [0, 0.1) is 12.7 Å². The summed E-state index contributed by atoms with van der Waals surface area (Å²) in [7, 11) is 0. The average molecular weight is 379 g/mol. The number of fused-ring (bicyclic) bond motifs is 3. The minimum absolute atomic E-state index is 0.181. The number of halogens is 1. The molecule has 1 aliphatic rings. The van der Waals surface area contributed by atoms with Gasteiger partial charge in [-0.1, -0.05) is 0 Å². The van der Waals surface area contributed by atoms with Gasteiger partial charge in [-0.25, -0.2) is 9.37 Å². The van der Waals surface area contributed by atoms with Crippen molar-refractivity contribution in [2.75, 3.05) is 13.1 Å². The molecule has 7 nitrogen and oxygen atoms in total. The van der Waals surface area contributed by atoms with Crippen LogP contribution in [-0.2, 0) is 0 Å². The maximum Gasteiger partial charge on any atom is 0.272 e. The number of nitrogens with zero attached hydrogens (tertiary/aromatic N) is 4. The van der Waals surface area contributed by atoms with Gasteiger partial charge >= 0.3 is 0 Å². The molecule has 2 N–H and O–H groups in total. The first-order valence-corrected chi connectivity index (χ1v) is 9.10. The molecule has 0 bridgehead atoms. The van der Waals surface area contributed by atoms with Gasteiger partial charge in [0.05, 0.1) is 40.7 Å². The predicted molar refractivity (Wildman–Crippen MR) is 102 cm³/mol. The van der Waals surface area contributed by atoms with Crippen molar-refractivity contribution in [3.63, 3.8) is 0 Å². The zero-order valence-corrected chi connectivity index (χ0v) is 15.2. The highest BCUT2D eigenvalue weighted by Gasteiger charge is 2.26. The number of rotatable bonds is 2. The standard InChI is InChI=1S/C20H18FN5O2/c1-11-6-15(20(28)25-5-4-13(27)10-25)22-8-17(11)26-16-3-2-12(21)7-14(16)19-18(26)9-23-24-19/h2-3,6-9,13,27H,4-5,10H2,1H3,(H,23,24)/t13-/m1/s1. The Morgan fingerprint density at radius 3 is 2.89 bits per heavy atom. The van der Waals surface area contributed by atoms with E-state index in [4.69, 9.17) is 0 Å². The van der Waals surface area contributed by atoms with Crippen molar-refractivity contribution in [1.82, 2.24) is 24.6 Å². The van der Waals surface area contributed by atoms with Crippen molar-refractivity contribution >= 4 is 27.8 Å². The Kier molecular flexibility index (Phi) is 3.70. The second-order valence-corrected chi connectivity index (χ2v) is 7.18. The van der Waals surface area contributed by atoms with E-state index in [1.807, 2.05) is 11.5 Å². The quantitative estimate of drug-likeness (QED) is 0.560. The number of pyridine rings is 1. The summed E-state index contributed by atoms with van der Waals surface area (Å²) < 4.78 is 15.7. The van der Waals surface area contributed by atoms with Crippen LogP contribution in [0.1, 0.15) is 22.5 Å². The smallest absolute Gasteiger partial charge is 0.272 e. The number of aromatic amines is 1. The van der Waals surface area contributed by atoms with Crippen molar-refractivity contribution in [3.05, 3.63) is 53.7 Å². The third-order valence-corrected chi connectivity index (χ3v) is 5.32. The maximum atomic E-state index is 13.8. The Labute approximate surface area is 159 Å². The number of benzene rings is 1. The van der Waals surface area contributed by atoms with E-state index >= 15 is 0 Å². The van der Waals surface area contributed by atoms with Crippen LogP contribution >= 0.6 is 0 Å². The molecule has 28 heavy (non-hydrogen) atoms. The van der Waals surface area contributed by atoms with Crippen LogP contribution in [0.5, 0.6) is 0 Å². The number of carbonyl (C=O) groups is 1. The summed E-state index contributed by atoms with van der Waals surface area (Å²) in [6.07, 6.45) is 3.47. The molecule has 0 unspecified atom stereocenters. The number of H-pyrrole nitrogens is 1. The number of aryl methyl sites for hydroxylation is 1. The molecule has 4 aromatic rings. The fraction of sp³-hybridized carbons (Fsp3) is 0.250. The Morgan fingerprint density at radius 1 is 1.29 bits per heavy atom. The van der Waals surface area contributed by atoms with Crippen LogP contribution in [0.3, 0.4) is 0 Å². The van der Waals surface area contributed by atoms with Gasteiger partial charge in [0, 0.05) is 18.5 Å². The number of likely N-dealkylation sites (tertiary alicyclic amines) is 1. The van der Waals surface area contributed by atoms with E-state index in [1.165, 1.54) is 12.1 Å². The second-order valence-electron chi connectivity index (χ2n) is 7.18. The van der Waals surface area contributed by atoms with Gasteiger partial charge in [-0.15, -0.1) is 0 Å². The molecule has 0 saturated carbocycles. The summed E-state index contributed by atoms with van der Waals surface area (Å²) in [5, 5.41) is 17.4. The van der Waals surface area contributed by atoms with Gasteiger partial charge in [-0.05, 0) is 43.2 Å². The number of aliphatic hydroxyl groups is 1. The third kappa shape index (κ3) is 2.49.